The normalized spacial score (nSPS) is 15.2. The van der Waals surface area contributed by atoms with Gasteiger partial charge in [0.05, 0.1) is 0 Å². The summed E-state index contributed by atoms with van der Waals surface area (Å²) in [6.07, 6.45) is 4.22. The van der Waals surface area contributed by atoms with Crippen LogP contribution in [0.2, 0.25) is 0 Å². The van der Waals surface area contributed by atoms with Gasteiger partial charge in [0, 0.05) is 25.7 Å². The summed E-state index contributed by atoms with van der Waals surface area (Å²) >= 11 is 0. The smallest absolute Gasteiger partial charge is 0.176 e. The van der Waals surface area contributed by atoms with Gasteiger partial charge in [0.15, 0.2) is 11.6 Å². The summed E-state index contributed by atoms with van der Waals surface area (Å²) < 4.78 is 1.80. The van der Waals surface area contributed by atoms with E-state index >= 15 is 0 Å². The fourth-order valence-corrected chi connectivity index (χ4v) is 1.82. The molecule has 1 saturated carbocycles. The minimum atomic E-state index is 0.513. The molecule has 2 aromatic rings. The Kier molecular flexibility index (Phi) is 2.40. The Balaban J connectivity index is 1.95. The molecular weight excluding hydrogens is 214 g/mol. The van der Waals surface area contributed by atoms with Crippen molar-refractivity contribution in [3.05, 3.63) is 29.7 Å². The van der Waals surface area contributed by atoms with Crippen LogP contribution in [-0.2, 0) is 13.6 Å². The summed E-state index contributed by atoms with van der Waals surface area (Å²) in [7, 11) is 1.91. The van der Waals surface area contributed by atoms with E-state index in [4.69, 9.17) is 5.73 Å². The van der Waals surface area contributed by atoms with Gasteiger partial charge in [-0.15, -0.1) is 0 Å². The third-order valence-corrected chi connectivity index (χ3v) is 3.01. The van der Waals surface area contributed by atoms with Crippen molar-refractivity contribution < 1.29 is 0 Å². The van der Waals surface area contributed by atoms with Crippen molar-refractivity contribution in [1.82, 2.24) is 19.7 Å². The molecule has 0 amide bonds. The van der Waals surface area contributed by atoms with Gasteiger partial charge in [-0.2, -0.15) is 5.10 Å². The van der Waals surface area contributed by atoms with Crippen LogP contribution in [0.3, 0.4) is 0 Å². The third-order valence-electron chi connectivity index (χ3n) is 3.01. The van der Waals surface area contributed by atoms with Gasteiger partial charge < -0.3 is 5.73 Å². The molecular formula is C12H15N5. The molecule has 5 heteroatoms. The Morgan fingerprint density at radius 2 is 2.24 bits per heavy atom. The number of aryl methyl sites for hydroxylation is 1. The first-order valence-corrected chi connectivity index (χ1v) is 5.84. The van der Waals surface area contributed by atoms with Crippen LogP contribution >= 0.6 is 0 Å². The van der Waals surface area contributed by atoms with Crippen molar-refractivity contribution >= 4 is 0 Å². The number of hydrogen-bond donors (Lipinski definition) is 1. The summed E-state index contributed by atoms with van der Waals surface area (Å²) in [5, 5.41) is 4.43. The Bertz CT molecular complexity index is 524. The van der Waals surface area contributed by atoms with Gasteiger partial charge in [0.1, 0.15) is 5.69 Å². The summed E-state index contributed by atoms with van der Waals surface area (Å²) in [6.45, 7) is 0.513. The lowest BCUT2D eigenvalue weighted by atomic mass is 10.2. The molecule has 0 bridgehead atoms. The average Bonchev–Trinajstić information content (AvgIpc) is 3.13. The molecule has 2 heterocycles. The van der Waals surface area contributed by atoms with E-state index in [1.165, 1.54) is 12.8 Å². The van der Waals surface area contributed by atoms with Crippen LogP contribution in [0.1, 0.15) is 30.1 Å². The Labute approximate surface area is 99.7 Å². The topological polar surface area (TPSA) is 69.6 Å². The minimum absolute atomic E-state index is 0.513. The predicted molar refractivity (Wildman–Crippen MR) is 64.1 cm³/mol. The first-order chi connectivity index (χ1) is 8.28. The molecule has 3 rings (SSSR count). The molecule has 0 radical (unpaired) electrons. The van der Waals surface area contributed by atoms with Crippen LogP contribution in [0.5, 0.6) is 0 Å². The van der Waals surface area contributed by atoms with Gasteiger partial charge in [0.25, 0.3) is 0 Å². The molecule has 1 aliphatic rings. The number of hydrogen-bond acceptors (Lipinski definition) is 4. The second-order valence-corrected chi connectivity index (χ2v) is 4.45. The molecule has 1 fully saturated rings. The van der Waals surface area contributed by atoms with Crippen LogP contribution in [0.4, 0.5) is 0 Å². The highest BCUT2D eigenvalue weighted by Crippen LogP contribution is 2.38. The fraction of sp³-hybridized carbons (Fsp3) is 0.417. The molecule has 5 nitrogen and oxygen atoms in total. The van der Waals surface area contributed by atoms with Crippen molar-refractivity contribution in [2.45, 2.75) is 25.3 Å². The maximum absolute atomic E-state index is 5.55. The molecule has 0 atom stereocenters. The monoisotopic (exact) mass is 229 g/mol. The predicted octanol–water partition coefficient (Wildman–Crippen LogP) is 1.21. The van der Waals surface area contributed by atoms with Crippen LogP contribution in [-0.4, -0.2) is 19.7 Å². The van der Waals surface area contributed by atoms with Crippen molar-refractivity contribution in [3.8, 4) is 11.5 Å². The fourth-order valence-electron chi connectivity index (χ4n) is 1.82. The SMILES string of the molecule is Cn1nc(C2CC2)nc1-c1ccc(CN)cn1. The zero-order chi connectivity index (χ0) is 11.8. The van der Waals surface area contributed by atoms with Gasteiger partial charge in [-0.1, -0.05) is 6.07 Å². The van der Waals surface area contributed by atoms with Crippen molar-refractivity contribution in [1.29, 1.82) is 0 Å². The lowest BCUT2D eigenvalue weighted by Gasteiger charge is -2.00. The van der Waals surface area contributed by atoms with Gasteiger partial charge >= 0.3 is 0 Å². The van der Waals surface area contributed by atoms with E-state index in [2.05, 4.69) is 15.1 Å². The van der Waals surface area contributed by atoms with Gasteiger partial charge in [-0.25, -0.2) is 9.67 Å². The van der Waals surface area contributed by atoms with E-state index in [0.29, 0.717) is 12.5 Å². The highest BCUT2D eigenvalue weighted by molar-refractivity contribution is 5.49. The molecule has 88 valence electrons. The van der Waals surface area contributed by atoms with Crippen molar-refractivity contribution in [2.75, 3.05) is 0 Å². The Morgan fingerprint density at radius 1 is 1.41 bits per heavy atom. The zero-order valence-electron chi connectivity index (χ0n) is 9.80. The van der Waals surface area contributed by atoms with Gasteiger partial charge in [-0.3, -0.25) is 4.98 Å². The zero-order valence-corrected chi connectivity index (χ0v) is 9.80. The number of aromatic nitrogens is 4. The number of nitrogens with zero attached hydrogens (tertiary/aromatic N) is 4. The third kappa shape index (κ3) is 1.93. The van der Waals surface area contributed by atoms with Gasteiger partial charge in [-0.05, 0) is 24.5 Å². The van der Waals surface area contributed by atoms with Crippen molar-refractivity contribution in [3.63, 3.8) is 0 Å². The van der Waals surface area contributed by atoms with Crippen LogP contribution in [0.25, 0.3) is 11.5 Å². The first kappa shape index (κ1) is 10.4. The molecule has 17 heavy (non-hydrogen) atoms. The van der Waals surface area contributed by atoms with E-state index in [1.54, 1.807) is 10.9 Å². The van der Waals surface area contributed by atoms with E-state index in [1.807, 2.05) is 19.2 Å². The summed E-state index contributed by atoms with van der Waals surface area (Å²) in [5.41, 5.74) is 7.42. The lowest BCUT2D eigenvalue weighted by molar-refractivity contribution is 0.748. The molecule has 1 aliphatic carbocycles. The molecule has 0 spiro atoms. The summed E-state index contributed by atoms with van der Waals surface area (Å²) in [4.78, 5) is 8.93. The van der Waals surface area contributed by atoms with E-state index in [9.17, 15) is 0 Å². The molecule has 2 N–H and O–H groups in total. The molecule has 0 aliphatic heterocycles. The molecule has 0 saturated heterocycles. The van der Waals surface area contributed by atoms with Crippen LogP contribution < -0.4 is 5.73 Å². The first-order valence-electron chi connectivity index (χ1n) is 5.84. The molecule has 2 aromatic heterocycles. The van der Waals surface area contributed by atoms with Crippen molar-refractivity contribution in [2.24, 2.45) is 12.8 Å². The number of nitrogens with two attached hydrogens (primary N) is 1. The lowest BCUT2D eigenvalue weighted by Crippen LogP contribution is -1.99. The van der Waals surface area contributed by atoms with E-state index < -0.39 is 0 Å². The Hall–Kier alpha value is -1.75. The summed E-state index contributed by atoms with van der Waals surface area (Å²) in [5.74, 6) is 2.35. The number of pyridine rings is 1. The second-order valence-electron chi connectivity index (χ2n) is 4.45. The highest BCUT2D eigenvalue weighted by Gasteiger charge is 2.28. The van der Waals surface area contributed by atoms with Crippen LogP contribution in [0, 0.1) is 0 Å². The quantitative estimate of drug-likeness (QED) is 0.859. The van der Waals surface area contributed by atoms with E-state index in [-0.39, 0.29) is 0 Å². The van der Waals surface area contributed by atoms with Gasteiger partial charge in [0.2, 0.25) is 0 Å². The maximum atomic E-state index is 5.55. The standard InChI is InChI=1S/C12H15N5/c1-17-12(15-11(16-17)9-3-4-9)10-5-2-8(6-13)7-14-10/h2,5,7,9H,3-4,6,13H2,1H3. The molecule has 0 aromatic carbocycles. The Morgan fingerprint density at radius 3 is 2.82 bits per heavy atom. The number of rotatable bonds is 3. The maximum Gasteiger partial charge on any atom is 0.176 e. The minimum Gasteiger partial charge on any atom is -0.326 e. The second kappa shape index (κ2) is 3.92. The highest BCUT2D eigenvalue weighted by atomic mass is 15.3. The van der Waals surface area contributed by atoms with E-state index in [0.717, 1.165) is 22.9 Å². The molecule has 0 unspecified atom stereocenters. The largest absolute Gasteiger partial charge is 0.326 e. The summed E-state index contributed by atoms with van der Waals surface area (Å²) in [6, 6.07) is 3.93. The average molecular weight is 229 g/mol. The van der Waals surface area contributed by atoms with Crippen LogP contribution in [0.15, 0.2) is 18.3 Å².